The van der Waals surface area contributed by atoms with E-state index in [4.69, 9.17) is 9.72 Å². The number of urea groups is 1. The lowest BCUT2D eigenvalue weighted by Gasteiger charge is -2.33. The number of nitrogens with one attached hydrogen (secondary N) is 1. The van der Waals surface area contributed by atoms with E-state index in [0.29, 0.717) is 11.8 Å². The summed E-state index contributed by atoms with van der Waals surface area (Å²) in [5.41, 5.74) is 1.27. The number of nitrogens with zero attached hydrogens (tertiary/aromatic N) is 3. The minimum Gasteiger partial charge on any atom is -0.381 e. The molecule has 2 aliphatic rings. The molecule has 2 saturated heterocycles. The van der Waals surface area contributed by atoms with Crippen LogP contribution in [0.5, 0.6) is 0 Å². The lowest BCUT2D eigenvalue weighted by atomic mass is 9.93. The van der Waals surface area contributed by atoms with E-state index in [1.165, 1.54) is 17.9 Å². The number of ether oxygens (including phenoxy) is 1. The zero-order valence-electron chi connectivity index (χ0n) is 17.2. The third kappa shape index (κ3) is 5.24. The van der Waals surface area contributed by atoms with Gasteiger partial charge in [0.25, 0.3) is 0 Å². The molecule has 0 radical (unpaired) electrons. The molecule has 2 fully saturated rings. The zero-order chi connectivity index (χ0) is 19.2. The summed E-state index contributed by atoms with van der Waals surface area (Å²) in [4.78, 5) is 19.0. The molecule has 1 atom stereocenters. The van der Waals surface area contributed by atoms with Crippen LogP contribution in [0.15, 0.2) is 6.20 Å². The Bertz CT molecular complexity index is 601. The Labute approximate surface area is 163 Å². The fourth-order valence-electron chi connectivity index (χ4n) is 4.19. The predicted molar refractivity (Wildman–Crippen MR) is 107 cm³/mol. The van der Waals surface area contributed by atoms with Crippen LogP contribution >= 0.6 is 0 Å². The van der Waals surface area contributed by atoms with E-state index in [-0.39, 0.29) is 12.1 Å². The molecule has 0 bridgehead atoms. The molecule has 1 aromatic heterocycles. The van der Waals surface area contributed by atoms with Crippen molar-refractivity contribution >= 4 is 6.03 Å². The first kappa shape index (κ1) is 20.2. The molecule has 1 unspecified atom stereocenters. The molecular weight excluding hydrogens is 340 g/mol. The largest absolute Gasteiger partial charge is 0.381 e. The maximum Gasteiger partial charge on any atom is 0.317 e. The molecule has 6 heteroatoms. The predicted octanol–water partition coefficient (Wildman–Crippen LogP) is 3.70. The Morgan fingerprint density at radius 3 is 2.67 bits per heavy atom. The summed E-state index contributed by atoms with van der Waals surface area (Å²) in [7, 11) is 0. The monoisotopic (exact) mass is 376 g/mol. The number of amides is 2. The van der Waals surface area contributed by atoms with Crippen LogP contribution in [0.4, 0.5) is 4.79 Å². The highest BCUT2D eigenvalue weighted by Gasteiger charge is 2.25. The average Bonchev–Trinajstić information content (AvgIpc) is 3.07. The van der Waals surface area contributed by atoms with Gasteiger partial charge in [0, 0.05) is 56.7 Å². The fraction of sp³-hybridized carbons (Fsp3) is 0.810. The molecule has 0 aromatic carbocycles. The number of piperidine rings is 1. The molecule has 2 amide bonds. The van der Waals surface area contributed by atoms with Crippen LogP contribution in [-0.4, -0.2) is 52.8 Å². The van der Waals surface area contributed by atoms with E-state index < -0.39 is 0 Å². The van der Waals surface area contributed by atoms with Gasteiger partial charge in [-0.3, -0.25) is 0 Å². The van der Waals surface area contributed by atoms with E-state index >= 15 is 0 Å². The van der Waals surface area contributed by atoms with Gasteiger partial charge >= 0.3 is 6.03 Å². The van der Waals surface area contributed by atoms with Gasteiger partial charge in [-0.15, -0.1) is 0 Å². The SMILES string of the molecule is CCC(C)NC(=O)N1CCC(CCn2c(C)cnc2C2CCOCC2)CC1. The Morgan fingerprint density at radius 1 is 1.30 bits per heavy atom. The molecule has 1 aromatic rings. The molecular formula is C21H36N4O2. The molecule has 0 spiro atoms. The van der Waals surface area contributed by atoms with Crippen molar-refractivity contribution in [2.75, 3.05) is 26.3 Å². The van der Waals surface area contributed by atoms with E-state index in [0.717, 1.165) is 65.0 Å². The van der Waals surface area contributed by atoms with Crippen molar-refractivity contribution in [3.63, 3.8) is 0 Å². The molecule has 3 rings (SSSR count). The van der Waals surface area contributed by atoms with Crippen LogP contribution in [0, 0.1) is 12.8 Å². The van der Waals surface area contributed by atoms with Crippen molar-refractivity contribution in [3.8, 4) is 0 Å². The first-order valence-electron chi connectivity index (χ1n) is 10.7. The number of aryl methyl sites for hydroxylation is 1. The normalized spacial score (nSPS) is 20.6. The third-order valence-electron chi connectivity index (χ3n) is 6.32. The van der Waals surface area contributed by atoms with E-state index in [1.54, 1.807) is 0 Å². The minimum atomic E-state index is 0.107. The summed E-state index contributed by atoms with van der Waals surface area (Å²) in [6, 6.07) is 0.359. The second-order valence-electron chi connectivity index (χ2n) is 8.27. The number of hydrogen-bond acceptors (Lipinski definition) is 3. The number of likely N-dealkylation sites (tertiary alicyclic amines) is 1. The second kappa shape index (κ2) is 9.58. The molecule has 152 valence electrons. The zero-order valence-corrected chi connectivity index (χ0v) is 17.2. The van der Waals surface area contributed by atoms with Crippen molar-refractivity contribution in [2.24, 2.45) is 5.92 Å². The van der Waals surface area contributed by atoms with Gasteiger partial charge in [-0.2, -0.15) is 0 Å². The fourth-order valence-corrected chi connectivity index (χ4v) is 4.19. The third-order valence-corrected chi connectivity index (χ3v) is 6.32. The van der Waals surface area contributed by atoms with Gasteiger partial charge in [0.05, 0.1) is 0 Å². The smallest absolute Gasteiger partial charge is 0.317 e. The number of carbonyl (C=O) groups excluding carboxylic acids is 1. The van der Waals surface area contributed by atoms with Gasteiger partial charge in [0.2, 0.25) is 0 Å². The van der Waals surface area contributed by atoms with Crippen LogP contribution in [0.1, 0.15) is 69.8 Å². The molecule has 2 aliphatic heterocycles. The summed E-state index contributed by atoms with van der Waals surface area (Å²) < 4.78 is 7.94. The maximum atomic E-state index is 12.3. The molecule has 27 heavy (non-hydrogen) atoms. The number of aromatic nitrogens is 2. The average molecular weight is 377 g/mol. The van der Waals surface area contributed by atoms with E-state index in [2.05, 4.69) is 30.7 Å². The summed E-state index contributed by atoms with van der Waals surface area (Å²) in [6.45, 7) is 10.8. The summed E-state index contributed by atoms with van der Waals surface area (Å²) >= 11 is 0. The summed E-state index contributed by atoms with van der Waals surface area (Å²) in [6.07, 6.45) is 8.55. The maximum absolute atomic E-state index is 12.3. The van der Waals surface area contributed by atoms with Gasteiger partial charge in [-0.05, 0) is 58.3 Å². The van der Waals surface area contributed by atoms with E-state index in [1.807, 2.05) is 11.1 Å². The molecule has 6 nitrogen and oxygen atoms in total. The first-order chi connectivity index (χ1) is 13.1. The first-order valence-corrected chi connectivity index (χ1v) is 10.7. The summed E-state index contributed by atoms with van der Waals surface area (Å²) in [5.74, 6) is 2.49. The summed E-state index contributed by atoms with van der Waals surface area (Å²) in [5, 5.41) is 3.08. The quantitative estimate of drug-likeness (QED) is 0.824. The van der Waals surface area contributed by atoms with Crippen LogP contribution in [0.2, 0.25) is 0 Å². The van der Waals surface area contributed by atoms with Crippen molar-refractivity contribution in [1.29, 1.82) is 0 Å². The number of rotatable bonds is 6. The lowest BCUT2D eigenvalue weighted by Crippen LogP contribution is -2.47. The van der Waals surface area contributed by atoms with Crippen LogP contribution in [0.3, 0.4) is 0 Å². The lowest BCUT2D eigenvalue weighted by molar-refractivity contribution is 0.0826. The highest BCUT2D eigenvalue weighted by atomic mass is 16.5. The van der Waals surface area contributed by atoms with Gasteiger partial charge in [-0.25, -0.2) is 9.78 Å². The number of imidazole rings is 1. The van der Waals surface area contributed by atoms with Crippen LogP contribution < -0.4 is 5.32 Å². The highest BCUT2D eigenvalue weighted by molar-refractivity contribution is 5.74. The van der Waals surface area contributed by atoms with Crippen molar-refractivity contribution < 1.29 is 9.53 Å². The Kier molecular flexibility index (Phi) is 7.16. The molecule has 3 heterocycles. The van der Waals surface area contributed by atoms with Gasteiger partial charge in [0.15, 0.2) is 0 Å². The Morgan fingerprint density at radius 2 is 2.00 bits per heavy atom. The van der Waals surface area contributed by atoms with E-state index in [9.17, 15) is 4.79 Å². The van der Waals surface area contributed by atoms with Crippen molar-refractivity contribution in [2.45, 2.75) is 77.8 Å². The van der Waals surface area contributed by atoms with Crippen molar-refractivity contribution in [3.05, 3.63) is 17.7 Å². The second-order valence-corrected chi connectivity index (χ2v) is 8.27. The Balaban J connectivity index is 1.48. The van der Waals surface area contributed by atoms with Crippen molar-refractivity contribution in [1.82, 2.24) is 19.8 Å². The minimum absolute atomic E-state index is 0.107. The van der Waals surface area contributed by atoms with Crippen LogP contribution in [0.25, 0.3) is 0 Å². The van der Waals surface area contributed by atoms with Gasteiger partial charge < -0.3 is 19.5 Å². The number of hydrogen-bond donors (Lipinski definition) is 1. The van der Waals surface area contributed by atoms with Crippen LogP contribution in [-0.2, 0) is 11.3 Å². The standard InChI is InChI=1S/C21H36N4O2/c1-4-16(2)23-21(26)24-10-5-18(6-11-24)7-12-25-17(3)15-22-20(25)19-8-13-27-14-9-19/h15-16,18-19H,4-14H2,1-3H3,(H,23,26). The number of carbonyl (C=O) groups is 1. The molecule has 0 saturated carbocycles. The highest BCUT2D eigenvalue weighted by Crippen LogP contribution is 2.28. The molecule has 1 N–H and O–H groups in total. The Hall–Kier alpha value is -1.56. The van der Waals surface area contributed by atoms with Gasteiger partial charge in [-0.1, -0.05) is 6.92 Å². The topological polar surface area (TPSA) is 59.4 Å². The molecule has 0 aliphatic carbocycles. The van der Waals surface area contributed by atoms with Gasteiger partial charge in [0.1, 0.15) is 5.82 Å².